The van der Waals surface area contributed by atoms with Crippen LogP contribution in [-0.2, 0) is 82.3 Å². The molecule has 0 amide bonds. The number of pyridine rings is 6. The van der Waals surface area contributed by atoms with Crippen molar-refractivity contribution in [2.45, 2.75) is 29.4 Å². The molecule has 0 aliphatic carbocycles. The van der Waals surface area contributed by atoms with Gasteiger partial charge in [0.25, 0.3) is 0 Å². The minimum absolute atomic E-state index is 0. The molecule has 24 rings (SSSR count). The third-order valence-electron chi connectivity index (χ3n) is 19.4. The predicted molar refractivity (Wildman–Crippen MR) is 479 cm³/mol. The van der Waals surface area contributed by atoms with Crippen molar-refractivity contribution in [1.29, 1.82) is 0 Å². The number of fused-ring (bicyclic) bond motifs is 12. The van der Waals surface area contributed by atoms with Gasteiger partial charge in [0.15, 0.2) is 0 Å². The normalized spacial score (nSPS) is 12.1. The molecular formula is C102H66Ir2N12O3Pt2S3-2. The van der Waals surface area contributed by atoms with Gasteiger partial charge in [-0.2, -0.15) is 163 Å². The zero-order valence-corrected chi connectivity index (χ0v) is 77.0. The number of para-hydroxylation sites is 15. The summed E-state index contributed by atoms with van der Waals surface area (Å²) in [5.41, 5.74) is 12.2. The summed E-state index contributed by atoms with van der Waals surface area (Å²) in [5, 5.41) is 0. The fraction of sp³-hybridized carbons (Fsp3) is 0. The molecule has 12 aromatic carbocycles. The third kappa shape index (κ3) is 18.6. The Hall–Kier alpha value is -12.5. The molecule has 22 heteroatoms. The summed E-state index contributed by atoms with van der Waals surface area (Å²) in [6, 6.07) is 140. The van der Waals surface area contributed by atoms with Gasteiger partial charge in [-0.1, -0.05) is 141 Å². The zero-order valence-electron chi connectivity index (χ0n) is 65.2. The van der Waals surface area contributed by atoms with Gasteiger partial charge in [0.1, 0.15) is 52.2 Å². The molecule has 0 saturated heterocycles. The largest absolute Gasteiger partial charge is 2.00 e. The molecule has 0 atom stereocenters. The minimum Gasteiger partial charge on any atom is -0.513 e. The molecule has 0 saturated carbocycles. The molecule has 6 aliphatic heterocycles. The summed E-state index contributed by atoms with van der Waals surface area (Å²) in [7, 11) is 0. The number of anilines is 18. The predicted octanol–water partition coefficient (Wildman–Crippen LogP) is 27.8. The standard InChI is InChI=1S/3C17H11N2O.3C17H11N2S.2Ir.2Pt/c6*1-3-9-15-13(7-1)19(17-11-5-6-12-18-17)14-8-2-4-10-16(14)20-15;;;;/h6*1-7,9-12H;;;;/q6*-1;;;2*+2. The maximum atomic E-state index is 5.93. The molecule has 0 fully saturated rings. The summed E-state index contributed by atoms with van der Waals surface area (Å²) < 4.78 is 17.8. The van der Waals surface area contributed by atoms with E-state index in [4.69, 9.17) is 14.2 Å². The Bertz CT molecular complexity index is 5320. The van der Waals surface area contributed by atoms with E-state index >= 15 is 0 Å². The smallest absolute Gasteiger partial charge is 0.513 e. The van der Waals surface area contributed by atoms with Gasteiger partial charge in [-0.3, -0.25) is 0 Å². The number of ether oxygens (including phenoxy) is 3. The van der Waals surface area contributed by atoms with E-state index in [-0.39, 0.29) is 82.3 Å². The molecule has 0 bridgehead atoms. The second kappa shape index (κ2) is 41.1. The van der Waals surface area contributed by atoms with Crippen molar-refractivity contribution in [3.63, 3.8) is 0 Å². The van der Waals surface area contributed by atoms with Crippen molar-refractivity contribution in [1.82, 2.24) is 29.9 Å². The van der Waals surface area contributed by atoms with Crippen molar-refractivity contribution in [3.05, 3.63) is 438 Å². The molecule has 2 radical (unpaired) electrons. The second-order valence-electron chi connectivity index (χ2n) is 26.9. The van der Waals surface area contributed by atoms with Crippen LogP contribution in [0.2, 0.25) is 0 Å². The number of hydrogen-bond donors (Lipinski definition) is 0. The summed E-state index contributed by atoms with van der Waals surface area (Å²) in [6.07, 6.45) is 10.8. The first kappa shape index (κ1) is 86.4. The van der Waals surface area contributed by atoms with Gasteiger partial charge >= 0.3 is 42.1 Å². The molecule has 15 nitrogen and oxygen atoms in total. The summed E-state index contributed by atoms with van der Waals surface area (Å²) >= 11 is 5.34. The fourth-order valence-corrected chi connectivity index (χ4v) is 17.3. The zero-order chi connectivity index (χ0) is 80.2. The fourth-order valence-electron chi connectivity index (χ4n) is 14.2. The van der Waals surface area contributed by atoms with Crippen LogP contribution in [0.15, 0.2) is 431 Å². The van der Waals surface area contributed by atoms with Crippen LogP contribution in [0.3, 0.4) is 0 Å². The Labute approximate surface area is 788 Å². The van der Waals surface area contributed by atoms with Crippen LogP contribution < -0.4 is 43.6 Å². The molecule has 6 aromatic heterocycles. The van der Waals surface area contributed by atoms with E-state index in [1.54, 1.807) is 53.9 Å². The Morgan fingerprint density at radius 2 is 0.371 bits per heavy atom. The number of rotatable bonds is 6. The summed E-state index contributed by atoms with van der Waals surface area (Å²) in [5.74, 6) is 10.2. The van der Waals surface area contributed by atoms with E-state index in [9.17, 15) is 0 Å². The number of nitrogens with zero attached hydrogens (tertiary/aromatic N) is 12. The Kier molecular flexibility index (Phi) is 28.6. The average molecular weight is 2380 g/mol. The van der Waals surface area contributed by atoms with Gasteiger partial charge in [-0.25, -0.2) is 29.9 Å². The number of hydrogen-bond acceptors (Lipinski definition) is 18. The molecule has 124 heavy (non-hydrogen) atoms. The van der Waals surface area contributed by atoms with Gasteiger partial charge < -0.3 is 43.6 Å². The molecule has 610 valence electrons. The van der Waals surface area contributed by atoms with Crippen molar-refractivity contribution >= 4 is 138 Å². The maximum absolute atomic E-state index is 5.93. The van der Waals surface area contributed by atoms with Crippen molar-refractivity contribution in [3.8, 4) is 34.5 Å². The number of benzene rings is 12. The molecule has 0 spiro atoms. The van der Waals surface area contributed by atoms with Crippen LogP contribution in [0, 0.1) is 36.4 Å². The maximum Gasteiger partial charge on any atom is 2.00 e. The molecular weight excluding hydrogens is 2310 g/mol. The van der Waals surface area contributed by atoms with Gasteiger partial charge in [-0.05, 0) is 163 Å². The van der Waals surface area contributed by atoms with Gasteiger partial charge in [0.05, 0.1) is 34.1 Å². The van der Waals surface area contributed by atoms with Crippen LogP contribution in [-0.4, -0.2) is 29.9 Å². The van der Waals surface area contributed by atoms with Crippen LogP contribution >= 0.6 is 35.3 Å². The van der Waals surface area contributed by atoms with Crippen LogP contribution in [0.4, 0.5) is 103 Å². The second-order valence-corrected chi connectivity index (χ2v) is 30.1. The summed E-state index contributed by atoms with van der Waals surface area (Å²) in [6.45, 7) is 0. The Morgan fingerprint density at radius 3 is 0.613 bits per heavy atom. The monoisotopic (exact) mass is 2380 g/mol. The Balaban J connectivity index is 0.000000114. The minimum atomic E-state index is 0. The van der Waals surface area contributed by atoms with E-state index in [1.165, 1.54) is 29.4 Å². The third-order valence-corrected chi connectivity index (χ3v) is 22.7. The Morgan fingerprint density at radius 1 is 0.185 bits per heavy atom. The first-order valence-corrected chi connectivity index (χ1v) is 41.0. The average Bonchev–Trinajstić information content (AvgIpc) is 0.796. The molecule has 18 aromatic rings. The number of aromatic nitrogens is 6. The van der Waals surface area contributed by atoms with Gasteiger partial charge in [0.2, 0.25) is 0 Å². The summed E-state index contributed by atoms with van der Waals surface area (Å²) in [4.78, 5) is 46.9. The first-order chi connectivity index (χ1) is 59.6. The molecule has 12 heterocycles. The topological polar surface area (TPSA) is 124 Å². The molecule has 6 aliphatic rings. The van der Waals surface area contributed by atoms with Crippen molar-refractivity contribution < 1.29 is 96.6 Å². The van der Waals surface area contributed by atoms with Crippen LogP contribution in [0.1, 0.15) is 0 Å². The van der Waals surface area contributed by atoms with Crippen LogP contribution in [0.5, 0.6) is 34.5 Å². The van der Waals surface area contributed by atoms with Crippen LogP contribution in [0.25, 0.3) is 0 Å². The van der Waals surface area contributed by atoms with Gasteiger partial charge in [0, 0.05) is 109 Å². The van der Waals surface area contributed by atoms with Gasteiger partial charge in [-0.15, -0.1) is 18.2 Å². The SMILES string of the molecule is [Ir].[Ir].[Pt+2].[Pt+2].[c-]1cccc2c1N(c1ccccn1)c1ccccc1O2.[c-]1cccc2c1N(c1ccccn1)c1ccccc1O2.[c-]1cccc2c1N(c1ccccn1)c1ccccc1O2.[c-]1cccc2c1N(c1ccccn1)c1ccccc1S2.[c-]1cccc2c1N(c1ccccn1)c1ccccc1S2.[c-]1cccc2c1N(c1ccccn1)c1ccccc1S2. The van der Waals surface area contributed by atoms with E-state index in [0.29, 0.717) is 0 Å². The van der Waals surface area contributed by atoms with Crippen molar-refractivity contribution in [2.75, 3.05) is 29.4 Å². The van der Waals surface area contributed by atoms with E-state index < -0.39 is 0 Å². The molecule has 0 N–H and O–H groups in total. The quantitative estimate of drug-likeness (QED) is 0.147. The van der Waals surface area contributed by atoms with E-state index in [1.807, 2.05) is 292 Å². The van der Waals surface area contributed by atoms with E-state index in [0.717, 1.165) is 138 Å². The van der Waals surface area contributed by atoms with Crippen molar-refractivity contribution in [2.24, 2.45) is 0 Å². The molecule has 0 unspecified atom stereocenters. The first-order valence-electron chi connectivity index (χ1n) is 38.5. The van der Waals surface area contributed by atoms with E-state index in [2.05, 4.69) is 187 Å².